The van der Waals surface area contributed by atoms with Crippen molar-refractivity contribution in [2.75, 3.05) is 10.7 Å². The number of nitrogens with one attached hydrogen (secondary N) is 2. The second-order valence-corrected chi connectivity index (χ2v) is 4.78. The van der Waals surface area contributed by atoms with Crippen LogP contribution in [0.25, 0.3) is 0 Å². The van der Waals surface area contributed by atoms with Crippen molar-refractivity contribution in [2.45, 2.75) is 0 Å². The van der Waals surface area contributed by atoms with Crippen molar-refractivity contribution in [1.29, 1.82) is 0 Å². The number of carbonyl (C=O) groups is 1. The van der Waals surface area contributed by atoms with Crippen LogP contribution >= 0.6 is 22.6 Å². The number of nitrogens with zero attached hydrogens (tertiary/aromatic N) is 1. The zero-order chi connectivity index (χ0) is 13.0. The van der Waals surface area contributed by atoms with Crippen LogP contribution in [0.1, 0.15) is 10.4 Å². The topological polar surface area (TPSA) is 80.0 Å². The lowest BCUT2D eigenvalue weighted by atomic mass is 10.2. The fraction of sp³-hybridized carbons (Fsp3) is 0. The summed E-state index contributed by atoms with van der Waals surface area (Å²) in [5.74, 6) is 5.51. The molecule has 0 bridgehead atoms. The van der Waals surface area contributed by atoms with Crippen molar-refractivity contribution in [1.82, 2.24) is 4.98 Å². The minimum Gasteiger partial charge on any atom is -0.322 e. The van der Waals surface area contributed by atoms with E-state index in [4.69, 9.17) is 5.84 Å². The normalized spacial score (nSPS) is 9.89. The third kappa shape index (κ3) is 3.17. The van der Waals surface area contributed by atoms with Crippen molar-refractivity contribution >= 4 is 40.0 Å². The standard InChI is InChI=1S/C12H11IN4O/c13-9-2-4-10(5-3-9)16-12(18)8-1-6-11(17-14)15-7-8/h1-7H,14H2,(H,15,17)(H,16,18). The molecular weight excluding hydrogens is 343 g/mol. The molecule has 0 saturated heterocycles. The lowest BCUT2D eigenvalue weighted by Gasteiger charge is -2.05. The van der Waals surface area contributed by atoms with E-state index in [1.165, 1.54) is 6.20 Å². The van der Waals surface area contributed by atoms with Gasteiger partial charge >= 0.3 is 0 Å². The molecule has 92 valence electrons. The molecule has 1 aromatic heterocycles. The molecule has 0 aliphatic heterocycles. The van der Waals surface area contributed by atoms with E-state index in [-0.39, 0.29) is 5.91 Å². The Balaban J connectivity index is 2.09. The van der Waals surface area contributed by atoms with Gasteiger partial charge in [0, 0.05) is 15.5 Å². The van der Waals surface area contributed by atoms with Gasteiger partial charge in [-0.1, -0.05) is 0 Å². The second-order valence-electron chi connectivity index (χ2n) is 3.54. The average Bonchev–Trinajstić information content (AvgIpc) is 2.41. The number of pyridine rings is 1. The van der Waals surface area contributed by atoms with Crippen molar-refractivity contribution in [3.05, 3.63) is 51.7 Å². The van der Waals surface area contributed by atoms with E-state index in [0.717, 1.165) is 9.26 Å². The summed E-state index contributed by atoms with van der Waals surface area (Å²) in [5.41, 5.74) is 3.64. The number of hydrogen-bond acceptors (Lipinski definition) is 4. The van der Waals surface area contributed by atoms with Gasteiger partial charge in [-0.05, 0) is 59.0 Å². The number of amides is 1. The van der Waals surface area contributed by atoms with E-state index in [2.05, 4.69) is 38.3 Å². The minimum absolute atomic E-state index is 0.202. The van der Waals surface area contributed by atoms with E-state index in [0.29, 0.717) is 11.4 Å². The fourth-order valence-corrected chi connectivity index (χ4v) is 1.71. The molecule has 5 nitrogen and oxygen atoms in total. The molecule has 2 rings (SSSR count). The molecule has 0 aliphatic carbocycles. The molecule has 2 aromatic rings. The quantitative estimate of drug-likeness (QED) is 0.449. The summed E-state index contributed by atoms with van der Waals surface area (Å²) in [7, 11) is 0. The number of nitrogen functional groups attached to an aromatic ring is 1. The predicted octanol–water partition coefficient (Wildman–Crippen LogP) is 2.22. The zero-order valence-electron chi connectivity index (χ0n) is 9.35. The number of hydrogen-bond donors (Lipinski definition) is 3. The first-order chi connectivity index (χ1) is 8.69. The van der Waals surface area contributed by atoms with Crippen LogP contribution in [-0.4, -0.2) is 10.9 Å². The molecular formula is C12H11IN4O. The summed E-state index contributed by atoms with van der Waals surface area (Å²) >= 11 is 2.21. The summed E-state index contributed by atoms with van der Waals surface area (Å²) in [6.45, 7) is 0. The van der Waals surface area contributed by atoms with Crippen LogP contribution in [0, 0.1) is 3.57 Å². The Hall–Kier alpha value is -1.67. The van der Waals surface area contributed by atoms with Crippen LogP contribution in [0.4, 0.5) is 11.5 Å². The van der Waals surface area contributed by atoms with Gasteiger partial charge in [0.2, 0.25) is 0 Å². The molecule has 0 aliphatic rings. The molecule has 6 heteroatoms. The van der Waals surface area contributed by atoms with Crippen LogP contribution in [0.3, 0.4) is 0 Å². The lowest BCUT2D eigenvalue weighted by Crippen LogP contribution is -2.13. The highest BCUT2D eigenvalue weighted by molar-refractivity contribution is 14.1. The van der Waals surface area contributed by atoms with E-state index in [9.17, 15) is 4.79 Å². The molecule has 18 heavy (non-hydrogen) atoms. The number of halogens is 1. The van der Waals surface area contributed by atoms with E-state index >= 15 is 0 Å². The van der Waals surface area contributed by atoms with E-state index < -0.39 is 0 Å². The summed E-state index contributed by atoms with van der Waals surface area (Å²) < 4.78 is 1.12. The highest BCUT2D eigenvalue weighted by Gasteiger charge is 2.06. The van der Waals surface area contributed by atoms with Crippen molar-refractivity contribution in [2.24, 2.45) is 5.84 Å². The Morgan fingerprint density at radius 2 is 1.89 bits per heavy atom. The van der Waals surface area contributed by atoms with Crippen molar-refractivity contribution in [3.63, 3.8) is 0 Å². The zero-order valence-corrected chi connectivity index (χ0v) is 11.5. The fourth-order valence-electron chi connectivity index (χ4n) is 1.35. The van der Waals surface area contributed by atoms with Gasteiger partial charge in [-0.3, -0.25) is 4.79 Å². The molecule has 1 aromatic carbocycles. The van der Waals surface area contributed by atoms with Crippen molar-refractivity contribution in [3.8, 4) is 0 Å². The average molecular weight is 354 g/mol. The van der Waals surface area contributed by atoms with Gasteiger partial charge < -0.3 is 10.7 Å². The first-order valence-electron chi connectivity index (χ1n) is 5.18. The highest BCUT2D eigenvalue weighted by atomic mass is 127. The monoisotopic (exact) mass is 354 g/mol. The Labute approximate surface area is 118 Å². The third-order valence-corrected chi connectivity index (χ3v) is 2.99. The summed E-state index contributed by atoms with van der Waals surface area (Å²) in [5, 5.41) is 2.79. The smallest absolute Gasteiger partial charge is 0.257 e. The molecule has 0 fully saturated rings. The first kappa shape index (κ1) is 12.8. The van der Waals surface area contributed by atoms with Gasteiger partial charge in [0.15, 0.2) is 0 Å². The maximum absolute atomic E-state index is 11.9. The molecule has 0 atom stereocenters. The number of benzene rings is 1. The van der Waals surface area contributed by atoms with Gasteiger partial charge in [0.1, 0.15) is 5.82 Å². The maximum Gasteiger partial charge on any atom is 0.257 e. The van der Waals surface area contributed by atoms with E-state index in [1.807, 2.05) is 24.3 Å². The number of carbonyl (C=O) groups excluding carboxylic acids is 1. The molecule has 1 heterocycles. The molecule has 0 unspecified atom stereocenters. The SMILES string of the molecule is NNc1ccc(C(=O)Nc2ccc(I)cc2)cn1. The van der Waals surface area contributed by atoms with Gasteiger partial charge in [-0.15, -0.1) is 0 Å². The lowest BCUT2D eigenvalue weighted by molar-refractivity contribution is 0.102. The van der Waals surface area contributed by atoms with Gasteiger partial charge in [-0.2, -0.15) is 0 Å². The molecule has 4 N–H and O–H groups in total. The number of anilines is 2. The maximum atomic E-state index is 11.9. The summed E-state index contributed by atoms with van der Waals surface area (Å²) in [4.78, 5) is 15.9. The van der Waals surface area contributed by atoms with Crippen LogP contribution in [0.5, 0.6) is 0 Å². The largest absolute Gasteiger partial charge is 0.322 e. The van der Waals surface area contributed by atoms with Gasteiger partial charge in [0.05, 0.1) is 5.56 Å². The Bertz CT molecular complexity index is 539. The van der Waals surface area contributed by atoms with Crippen LogP contribution in [0.2, 0.25) is 0 Å². The third-order valence-electron chi connectivity index (χ3n) is 2.28. The van der Waals surface area contributed by atoms with Crippen LogP contribution < -0.4 is 16.6 Å². The number of rotatable bonds is 3. The molecule has 0 radical (unpaired) electrons. The van der Waals surface area contributed by atoms with Gasteiger partial charge in [0.25, 0.3) is 5.91 Å². The Morgan fingerprint density at radius 3 is 2.44 bits per heavy atom. The van der Waals surface area contributed by atoms with Crippen LogP contribution in [0.15, 0.2) is 42.6 Å². The minimum atomic E-state index is -0.202. The first-order valence-corrected chi connectivity index (χ1v) is 6.26. The number of nitrogens with two attached hydrogens (primary N) is 1. The number of aromatic nitrogens is 1. The Morgan fingerprint density at radius 1 is 1.17 bits per heavy atom. The van der Waals surface area contributed by atoms with Crippen molar-refractivity contribution < 1.29 is 4.79 Å². The van der Waals surface area contributed by atoms with Gasteiger partial charge in [-0.25, -0.2) is 10.8 Å². The second kappa shape index (κ2) is 5.78. The number of hydrazine groups is 1. The summed E-state index contributed by atoms with van der Waals surface area (Å²) in [6, 6.07) is 10.9. The predicted molar refractivity (Wildman–Crippen MR) is 79.2 cm³/mol. The molecule has 1 amide bonds. The van der Waals surface area contributed by atoms with Crippen LogP contribution in [-0.2, 0) is 0 Å². The van der Waals surface area contributed by atoms with E-state index in [1.54, 1.807) is 12.1 Å². The Kier molecular flexibility index (Phi) is 4.11. The molecule has 0 spiro atoms. The summed E-state index contributed by atoms with van der Waals surface area (Å²) in [6.07, 6.45) is 1.47. The highest BCUT2D eigenvalue weighted by Crippen LogP contribution is 2.12. The molecule has 0 saturated carbocycles.